The van der Waals surface area contributed by atoms with Gasteiger partial charge >= 0.3 is 0 Å². The lowest BCUT2D eigenvalue weighted by Crippen LogP contribution is -2.42. The van der Waals surface area contributed by atoms with Crippen LogP contribution in [0.3, 0.4) is 0 Å². The molecule has 1 N–H and O–H groups in total. The van der Waals surface area contributed by atoms with E-state index in [1.54, 1.807) is 6.07 Å². The Morgan fingerprint density at radius 3 is 2.71 bits per heavy atom. The van der Waals surface area contributed by atoms with Crippen molar-refractivity contribution in [1.29, 1.82) is 0 Å². The lowest BCUT2D eigenvalue weighted by atomic mass is 9.88. The quantitative estimate of drug-likeness (QED) is 0.672. The summed E-state index contributed by atoms with van der Waals surface area (Å²) >= 11 is 0. The van der Waals surface area contributed by atoms with Crippen LogP contribution in [-0.4, -0.2) is 24.7 Å². The van der Waals surface area contributed by atoms with E-state index >= 15 is 0 Å². The van der Waals surface area contributed by atoms with E-state index in [0.29, 0.717) is 5.56 Å². The highest BCUT2D eigenvalue weighted by Crippen LogP contribution is 2.38. The Kier molecular flexibility index (Phi) is 3.85. The van der Waals surface area contributed by atoms with Gasteiger partial charge in [-0.15, -0.1) is 0 Å². The molecule has 0 radical (unpaired) electrons. The maximum absolute atomic E-state index is 14.2. The van der Waals surface area contributed by atoms with Crippen molar-refractivity contribution >= 4 is 23.4 Å². The van der Waals surface area contributed by atoms with Gasteiger partial charge in [0, 0.05) is 30.8 Å². The van der Waals surface area contributed by atoms with Crippen LogP contribution in [0.1, 0.15) is 38.8 Å². The first-order valence-electron chi connectivity index (χ1n) is 6.79. The van der Waals surface area contributed by atoms with Gasteiger partial charge in [-0.05, 0) is 38.5 Å². The highest BCUT2D eigenvalue weighted by atomic mass is 19.1. The minimum atomic E-state index is -0.361. The molecule has 21 heavy (non-hydrogen) atoms. The molecule has 0 fully saturated rings. The number of halogens is 1. The van der Waals surface area contributed by atoms with Gasteiger partial charge in [-0.25, -0.2) is 9.82 Å². The number of carbonyl (C=O) groups is 1. The Hall–Kier alpha value is -2.17. The Morgan fingerprint density at radius 1 is 1.43 bits per heavy atom. The standard InChI is InChI=1S/C16H20FN3O/c1-10-8-16(3,4)20(5)15-7-14(17)12(6-13(10)15)9-18-19-11(2)21/h6-9H,1-5H3,(H,19,21)/b18-9-. The number of benzene rings is 1. The number of carbonyl (C=O) groups excluding carboxylic acids is 1. The van der Waals surface area contributed by atoms with Gasteiger partial charge < -0.3 is 4.90 Å². The third-order valence-electron chi connectivity index (χ3n) is 3.76. The predicted octanol–water partition coefficient (Wildman–Crippen LogP) is 2.93. The first-order chi connectivity index (χ1) is 9.72. The van der Waals surface area contributed by atoms with Crippen LogP contribution in [0, 0.1) is 5.82 Å². The zero-order valence-electron chi connectivity index (χ0n) is 13.0. The van der Waals surface area contributed by atoms with Gasteiger partial charge in [0.1, 0.15) is 5.82 Å². The Balaban J connectivity index is 2.46. The molecule has 0 aromatic heterocycles. The van der Waals surface area contributed by atoms with Crippen molar-refractivity contribution in [2.24, 2.45) is 5.10 Å². The molecular formula is C16H20FN3O. The summed E-state index contributed by atoms with van der Waals surface area (Å²) in [6.45, 7) is 7.54. The van der Waals surface area contributed by atoms with Crippen molar-refractivity contribution in [2.75, 3.05) is 11.9 Å². The second kappa shape index (κ2) is 5.31. The molecule has 0 spiro atoms. The molecule has 0 saturated heterocycles. The van der Waals surface area contributed by atoms with Crippen molar-refractivity contribution in [3.63, 3.8) is 0 Å². The monoisotopic (exact) mass is 289 g/mol. The number of allylic oxidation sites excluding steroid dienone is 1. The second-order valence-corrected chi connectivity index (χ2v) is 5.86. The highest BCUT2D eigenvalue weighted by Gasteiger charge is 2.29. The molecular weight excluding hydrogens is 269 g/mol. The lowest BCUT2D eigenvalue weighted by molar-refractivity contribution is -0.118. The molecule has 112 valence electrons. The minimum absolute atomic E-state index is 0.157. The van der Waals surface area contributed by atoms with Crippen molar-refractivity contribution in [3.8, 4) is 0 Å². The van der Waals surface area contributed by atoms with E-state index in [1.807, 2.05) is 18.9 Å². The summed E-state index contributed by atoms with van der Waals surface area (Å²) in [6, 6.07) is 3.27. The van der Waals surface area contributed by atoms with Crippen molar-refractivity contribution < 1.29 is 9.18 Å². The number of hydrazone groups is 1. The van der Waals surface area contributed by atoms with E-state index in [0.717, 1.165) is 16.8 Å². The van der Waals surface area contributed by atoms with Crippen molar-refractivity contribution in [3.05, 3.63) is 35.2 Å². The first kappa shape index (κ1) is 15.2. The second-order valence-electron chi connectivity index (χ2n) is 5.86. The van der Waals surface area contributed by atoms with Gasteiger partial charge in [0.2, 0.25) is 5.91 Å². The molecule has 1 aromatic rings. The summed E-state index contributed by atoms with van der Waals surface area (Å²) in [5.74, 6) is -0.651. The molecule has 2 rings (SSSR count). The summed E-state index contributed by atoms with van der Waals surface area (Å²) in [5, 5.41) is 3.73. The number of rotatable bonds is 2. The van der Waals surface area contributed by atoms with Crippen LogP contribution < -0.4 is 10.3 Å². The molecule has 4 nitrogen and oxygen atoms in total. The summed E-state index contributed by atoms with van der Waals surface area (Å²) in [5.41, 5.74) is 5.40. The third-order valence-corrected chi connectivity index (χ3v) is 3.76. The van der Waals surface area contributed by atoms with Gasteiger partial charge in [0.25, 0.3) is 0 Å². The number of hydrogen-bond acceptors (Lipinski definition) is 3. The van der Waals surface area contributed by atoms with E-state index < -0.39 is 0 Å². The molecule has 0 aliphatic carbocycles. The average Bonchev–Trinajstić information content (AvgIpc) is 2.36. The molecule has 1 aromatic carbocycles. The molecule has 1 amide bonds. The maximum Gasteiger partial charge on any atom is 0.236 e. The Morgan fingerprint density at radius 2 is 2.10 bits per heavy atom. The molecule has 0 atom stereocenters. The predicted molar refractivity (Wildman–Crippen MR) is 83.9 cm³/mol. The molecule has 0 saturated carbocycles. The van der Waals surface area contributed by atoms with Crippen molar-refractivity contribution in [2.45, 2.75) is 33.2 Å². The zero-order valence-corrected chi connectivity index (χ0v) is 13.0. The van der Waals surface area contributed by atoms with E-state index in [9.17, 15) is 9.18 Å². The third kappa shape index (κ3) is 2.96. The number of amides is 1. The van der Waals surface area contributed by atoms with Crippen molar-refractivity contribution in [1.82, 2.24) is 5.43 Å². The maximum atomic E-state index is 14.2. The van der Waals surface area contributed by atoms with Crippen LogP contribution >= 0.6 is 0 Å². The Labute approximate surface area is 124 Å². The average molecular weight is 289 g/mol. The van der Waals surface area contributed by atoms with Crippen LogP contribution in [0.5, 0.6) is 0 Å². The van der Waals surface area contributed by atoms with Crippen LogP contribution in [0.4, 0.5) is 10.1 Å². The van der Waals surface area contributed by atoms with E-state index in [4.69, 9.17) is 0 Å². The highest BCUT2D eigenvalue weighted by molar-refractivity contribution is 5.88. The number of anilines is 1. The fourth-order valence-corrected chi connectivity index (χ4v) is 2.48. The largest absolute Gasteiger partial charge is 0.365 e. The number of nitrogens with zero attached hydrogens (tertiary/aromatic N) is 2. The topological polar surface area (TPSA) is 44.7 Å². The Bertz CT molecular complexity index is 647. The summed E-state index contributed by atoms with van der Waals surface area (Å²) < 4.78 is 14.2. The first-order valence-corrected chi connectivity index (χ1v) is 6.79. The van der Waals surface area contributed by atoms with Gasteiger partial charge in [0.05, 0.1) is 11.8 Å². The lowest BCUT2D eigenvalue weighted by Gasteiger charge is -2.40. The van der Waals surface area contributed by atoms with Gasteiger partial charge in [-0.1, -0.05) is 6.08 Å². The molecule has 0 bridgehead atoms. The fourth-order valence-electron chi connectivity index (χ4n) is 2.48. The van der Waals surface area contributed by atoms with E-state index in [2.05, 4.69) is 30.5 Å². The fraction of sp³-hybridized carbons (Fsp3) is 0.375. The molecule has 1 aliphatic rings. The van der Waals surface area contributed by atoms with Gasteiger partial charge in [0.15, 0.2) is 0 Å². The summed E-state index contributed by atoms with van der Waals surface area (Å²) in [4.78, 5) is 12.8. The number of nitrogens with one attached hydrogen (secondary N) is 1. The van der Waals surface area contributed by atoms with E-state index in [1.165, 1.54) is 19.2 Å². The van der Waals surface area contributed by atoms with Crippen LogP contribution in [0.15, 0.2) is 23.3 Å². The van der Waals surface area contributed by atoms with Gasteiger partial charge in [-0.2, -0.15) is 5.10 Å². The number of likely N-dealkylation sites (N-methyl/N-ethyl adjacent to an activating group) is 1. The molecule has 1 aliphatic heterocycles. The van der Waals surface area contributed by atoms with Crippen LogP contribution in [0.2, 0.25) is 0 Å². The number of hydrogen-bond donors (Lipinski definition) is 1. The van der Waals surface area contributed by atoms with Crippen LogP contribution in [0.25, 0.3) is 5.57 Å². The molecule has 0 unspecified atom stereocenters. The normalized spacial score (nSPS) is 16.7. The van der Waals surface area contributed by atoms with E-state index in [-0.39, 0.29) is 17.3 Å². The smallest absolute Gasteiger partial charge is 0.236 e. The number of fused-ring (bicyclic) bond motifs is 1. The molecule has 5 heteroatoms. The zero-order chi connectivity index (χ0) is 15.8. The summed E-state index contributed by atoms with van der Waals surface area (Å²) in [6.07, 6.45) is 3.48. The minimum Gasteiger partial charge on any atom is -0.365 e. The van der Waals surface area contributed by atoms with Crippen LogP contribution in [-0.2, 0) is 4.79 Å². The molecule has 1 heterocycles. The van der Waals surface area contributed by atoms with Gasteiger partial charge in [-0.3, -0.25) is 4.79 Å². The summed E-state index contributed by atoms with van der Waals surface area (Å²) in [7, 11) is 1.95. The SMILES string of the molecule is CC(=O)N/N=C\c1cc2c(cc1F)N(C)C(C)(C)C=C2C.